The number of carbonyl (C=O) groups excluding carboxylic acids is 1. The maximum absolute atomic E-state index is 11.9. The van der Waals surface area contributed by atoms with Gasteiger partial charge in [-0.1, -0.05) is 71.1 Å². The molecule has 30 heavy (non-hydrogen) atoms. The molecule has 1 unspecified atom stereocenters. The molecule has 6 nitrogen and oxygen atoms in total. The third kappa shape index (κ3) is 20.6. The van der Waals surface area contributed by atoms with E-state index in [1.807, 2.05) is 14.1 Å². The van der Waals surface area contributed by atoms with Crippen LogP contribution in [0.4, 0.5) is 0 Å². The number of unbranched alkanes of at least 4 members (excludes halogenated alkanes) is 10. The Balaban J connectivity index is 3.58. The van der Waals surface area contributed by atoms with Gasteiger partial charge < -0.3 is 10.2 Å². The van der Waals surface area contributed by atoms with Crippen LogP contribution in [0.2, 0.25) is 0 Å². The number of nitrogens with one attached hydrogen (secondary N) is 1. The lowest BCUT2D eigenvalue weighted by atomic mass is 10.0. The Hall–Kier alpha value is -0.660. The SMILES string of the molecule is CCCCCCCCCCCCCC(=O)NCCCC(CCCS(=O)(=O)O)N(C)C. The third-order valence-electron chi connectivity index (χ3n) is 5.71. The van der Waals surface area contributed by atoms with Gasteiger partial charge in [-0.2, -0.15) is 8.42 Å². The van der Waals surface area contributed by atoms with Gasteiger partial charge in [0, 0.05) is 19.0 Å². The molecule has 0 bridgehead atoms. The number of hydrogen-bond donors (Lipinski definition) is 2. The van der Waals surface area contributed by atoms with Crippen LogP contribution in [0.15, 0.2) is 0 Å². The Morgan fingerprint density at radius 2 is 1.33 bits per heavy atom. The van der Waals surface area contributed by atoms with Crippen LogP contribution in [0.25, 0.3) is 0 Å². The highest BCUT2D eigenvalue weighted by molar-refractivity contribution is 7.85. The van der Waals surface area contributed by atoms with Crippen molar-refractivity contribution in [1.29, 1.82) is 0 Å². The largest absolute Gasteiger partial charge is 0.356 e. The summed E-state index contributed by atoms with van der Waals surface area (Å²) >= 11 is 0. The minimum absolute atomic E-state index is 0.138. The van der Waals surface area contributed by atoms with E-state index >= 15 is 0 Å². The van der Waals surface area contributed by atoms with Gasteiger partial charge in [0.15, 0.2) is 0 Å². The number of hydrogen-bond acceptors (Lipinski definition) is 4. The van der Waals surface area contributed by atoms with E-state index in [-0.39, 0.29) is 17.7 Å². The summed E-state index contributed by atoms with van der Waals surface area (Å²) in [5.74, 6) is -0.0498. The van der Waals surface area contributed by atoms with E-state index in [1.165, 1.54) is 57.8 Å². The molecule has 0 aliphatic heterocycles. The summed E-state index contributed by atoms with van der Waals surface area (Å²) in [6.45, 7) is 2.92. The summed E-state index contributed by atoms with van der Waals surface area (Å²) in [6, 6.07) is 0.260. The molecule has 1 amide bonds. The third-order valence-corrected chi connectivity index (χ3v) is 6.52. The predicted octanol–water partition coefficient (Wildman–Crippen LogP) is 5.18. The van der Waals surface area contributed by atoms with Gasteiger partial charge in [-0.25, -0.2) is 0 Å². The van der Waals surface area contributed by atoms with Crippen LogP contribution in [-0.2, 0) is 14.9 Å². The van der Waals surface area contributed by atoms with Crippen LogP contribution in [0.3, 0.4) is 0 Å². The Morgan fingerprint density at radius 3 is 1.83 bits per heavy atom. The number of amides is 1. The van der Waals surface area contributed by atoms with Crippen molar-refractivity contribution >= 4 is 16.0 Å². The van der Waals surface area contributed by atoms with Gasteiger partial charge in [-0.15, -0.1) is 0 Å². The molecule has 180 valence electrons. The second-order valence-electron chi connectivity index (χ2n) is 8.82. The lowest BCUT2D eigenvalue weighted by molar-refractivity contribution is -0.121. The molecular formula is C23H48N2O4S. The van der Waals surface area contributed by atoms with Gasteiger partial charge in [-0.3, -0.25) is 9.35 Å². The van der Waals surface area contributed by atoms with E-state index in [0.717, 1.165) is 32.1 Å². The first kappa shape index (κ1) is 29.3. The van der Waals surface area contributed by atoms with Crippen molar-refractivity contribution in [3.05, 3.63) is 0 Å². The zero-order valence-electron chi connectivity index (χ0n) is 19.8. The van der Waals surface area contributed by atoms with Crippen LogP contribution in [-0.4, -0.2) is 56.2 Å². The van der Waals surface area contributed by atoms with E-state index < -0.39 is 10.1 Å². The van der Waals surface area contributed by atoms with Gasteiger partial charge in [0.25, 0.3) is 10.1 Å². The highest BCUT2D eigenvalue weighted by Gasteiger charge is 2.13. The minimum atomic E-state index is -3.88. The molecule has 7 heteroatoms. The lowest BCUT2D eigenvalue weighted by Gasteiger charge is -2.24. The molecule has 2 N–H and O–H groups in total. The first-order valence-corrected chi connectivity index (χ1v) is 13.8. The fourth-order valence-corrected chi connectivity index (χ4v) is 4.30. The van der Waals surface area contributed by atoms with Crippen molar-refractivity contribution in [2.75, 3.05) is 26.4 Å². The van der Waals surface area contributed by atoms with E-state index in [9.17, 15) is 13.2 Å². The quantitative estimate of drug-likeness (QED) is 0.187. The Bertz CT molecular complexity index is 509. The molecular weight excluding hydrogens is 400 g/mol. The summed E-state index contributed by atoms with van der Waals surface area (Å²) < 4.78 is 30.5. The topological polar surface area (TPSA) is 86.7 Å². The van der Waals surface area contributed by atoms with Crippen LogP contribution in [0, 0.1) is 0 Å². The maximum atomic E-state index is 11.9. The normalized spacial score (nSPS) is 13.0. The summed E-state index contributed by atoms with van der Waals surface area (Å²) in [5.41, 5.74) is 0. The fourth-order valence-electron chi connectivity index (χ4n) is 3.77. The van der Waals surface area contributed by atoms with Crippen LogP contribution in [0.5, 0.6) is 0 Å². The molecule has 0 aliphatic carbocycles. The number of rotatable bonds is 21. The molecule has 0 aromatic heterocycles. The Morgan fingerprint density at radius 1 is 0.833 bits per heavy atom. The fraction of sp³-hybridized carbons (Fsp3) is 0.957. The molecule has 0 saturated carbocycles. The van der Waals surface area contributed by atoms with Gasteiger partial charge in [0.1, 0.15) is 0 Å². The zero-order valence-corrected chi connectivity index (χ0v) is 20.6. The van der Waals surface area contributed by atoms with Crippen molar-refractivity contribution in [2.24, 2.45) is 0 Å². The molecule has 0 spiro atoms. The molecule has 0 saturated heterocycles. The zero-order chi connectivity index (χ0) is 22.7. The van der Waals surface area contributed by atoms with Crippen molar-refractivity contribution < 1.29 is 17.8 Å². The minimum Gasteiger partial charge on any atom is -0.356 e. The van der Waals surface area contributed by atoms with E-state index in [1.54, 1.807) is 0 Å². The average Bonchev–Trinajstić information content (AvgIpc) is 2.66. The monoisotopic (exact) mass is 448 g/mol. The van der Waals surface area contributed by atoms with Crippen LogP contribution < -0.4 is 5.32 Å². The first-order chi connectivity index (χ1) is 14.3. The molecule has 0 aromatic rings. The van der Waals surface area contributed by atoms with Crippen LogP contribution in [0.1, 0.15) is 110 Å². The van der Waals surface area contributed by atoms with Gasteiger partial charge in [0.2, 0.25) is 5.91 Å². The molecule has 0 aliphatic rings. The molecule has 1 atom stereocenters. The molecule has 0 fully saturated rings. The lowest BCUT2D eigenvalue weighted by Crippen LogP contribution is -2.30. The number of nitrogens with zero attached hydrogens (tertiary/aromatic N) is 1. The highest BCUT2D eigenvalue weighted by atomic mass is 32.2. The van der Waals surface area contributed by atoms with E-state index in [2.05, 4.69) is 17.1 Å². The van der Waals surface area contributed by atoms with Crippen molar-refractivity contribution in [3.63, 3.8) is 0 Å². The summed E-state index contributed by atoms with van der Waals surface area (Å²) in [5, 5.41) is 3.00. The Labute approximate surface area is 186 Å². The molecule has 0 rings (SSSR count). The highest BCUT2D eigenvalue weighted by Crippen LogP contribution is 2.13. The van der Waals surface area contributed by atoms with Crippen molar-refractivity contribution in [3.8, 4) is 0 Å². The van der Waals surface area contributed by atoms with E-state index in [0.29, 0.717) is 19.4 Å². The second-order valence-corrected chi connectivity index (χ2v) is 10.4. The van der Waals surface area contributed by atoms with E-state index in [4.69, 9.17) is 4.55 Å². The second kappa shape index (κ2) is 19.1. The van der Waals surface area contributed by atoms with Crippen molar-refractivity contribution in [1.82, 2.24) is 10.2 Å². The van der Waals surface area contributed by atoms with Gasteiger partial charge >= 0.3 is 0 Å². The Kier molecular flexibility index (Phi) is 18.6. The maximum Gasteiger partial charge on any atom is 0.264 e. The average molecular weight is 449 g/mol. The molecule has 0 aromatic carbocycles. The first-order valence-electron chi connectivity index (χ1n) is 12.1. The summed E-state index contributed by atoms with van der Waals surface area (Å²) in [7, 11) is 0.0706. The molecule has 0 heterocycles. The smallest absolute Gasteiger partial charge is 0.264 e. The summed E-state index contributed by atoms with van der Waals surface area (Å²) in [6.07, 6.45) is 17.7. The van der Waals surface area contributed by atoms with Crippen LogP contribution >= 0.6 is 0 Å². The number of carbonyl (C=O) groups is 1. The van der Waals surface area contributed by atoms with Gasteiger partial charge in [-0.05, 0) is 46.2 Å². The standard InChI is InChI=1S/C23H48N2O4S/c1-4-5-6-7-8-9-10-11-12-13-14-19-23(26)24-20-15-17-22(25(2)3)18-16-21-30(27,28)29/h22H,4-21H2,1-3H3,(H,24,26)(H,27,28,29). The van der Waals surface area contributed by atoms with Gasteiger partial charge in [0.05, 0.1) is 5.75 Å². The summed E-state index contributed by atoms with van der Waals surface area (Å²) in [4.78, 5) is 14.0. The predicted molar refractivity (Wildman–Crippen MR) is 126 cm³/mol. The van der Waals surface area contributed by atoms with Crippen molar-refractivity contribution in [2.45, 2.75) is 116 Å². The molecule has 0 radical (unpaired) electrons.